The summed E-state index contributed by atoms with van der Waals surface area (Å²) in [7, 11) is -9.89. The van der Waals surface area contributed by atoms with E-state index in [2.05, 4.69) is 41.5 Å². The number of aliphatic hydroxyl groups excluding tert-OH is 1. The fraction of sp³-hybridized carbons (Fsp3) is 0.942. The molecule has 88 heavy (non-hydrogen) atoms. The van der Waals surface area contributed by atoms with Crippen LogP contribution in [-0.4, -0.2) is 96.7 Å². The summed E-state index contributed by atoms with van der Waals surface area (Å²) in [5.74, 6) is -0.710. The highest BCUT2D eigenvalue weighted by molar-refractivity contribution is 7.47. The van der Waals surface area contributed by atoms with E-state index in [1.807, 2.05) is 0 Å². The van der Waals surface area contributed by atoms with E-state index >= 15 is 0 Å². The molecule has 0 aromatic rings. The van der Waals surface area contributed by atoms with E-state index in [9.17, 15) is 43.2 Å². The average molecular weight is 1300 g/mol. The number of phosphoric acid groups is 2. The van der Waals surface area contributed by atoms with Crippen molar-refractivity contribution >= 4 is 39.5 Å². The lowest BCUT2D eigenvalue weighted by Crippen LogP contribution is -2.30. The van der Waals surface area contributed by atoms with Crippen LogP contribution in [0, 0.1) is 11.8 Å². The molecule has 0 saturated carbocycles. The van der Waals surface area contributed by atoms with Gasteiger partial charge in [0.25, 0.3) is 0 Å². The maximum absolute atomic E-state index is 13.0. The maximum Gasteiger partial charge on any atom is 0.472 e. The van der Waals surface area contributed by atoms with Crippen molar-refractivity contribution in [2.75, 3.05) is 39.6 Å². The topological polar surface area (TPSA) is 237 Å². The van der Waals surface area contributed by atoms with E-state index in [0.29, 0.717) is 31.6 Å². The first kappa shape index (κ1) is 86.1. The molecule has 3 N–H and O–H groups in total. The quantitative estimate of drug-likeness (QED) is 0.0222. The molecule has 0 bridgehead atoms. The number of unbranched alkanes of at least 4 members (excludes halogenated alkanes) is 38. The Balaban J connectivity index is 5.17. The number of rotatable bonds is 68. The lowest BCUT2D eigenvalue weighted by molar-refractivity contribution is -0.161. The minimum atomic E-state index is -4.95. The molecule has 0 amide bonds. The fourth-order valence-electron chi connectivity index (χ4n) is 10.4. The van der Waals surface area contributed by atoms with Crippen LogP contribution in [0.15, 0.2) is 0 Å². The Hall–Kier alpha value is -1.94. The first-order valence-corrected chi connectivity index (χ1v) is 39.0. The van der Waals surface area contributed by atoms with Gasteiger partial charge in [-0.1, -0.05) is 298 Å². The molecule has 17 nitrogen and oxygen atoms in total. The van der Waals surface area contributed by atoms with Crippen LogP contribution in [0.4, 0.5) is 0 Å². The van der Waals surface area contributed by atoms with Crippen LogP contribution < -0.4 is 0 Å². The van der Waals surface area contributed by atoms with E-state index in [0.717, 1.165) is 102 Å². The Kier molecular flexibility index (Phi) is 59.9. The van der Waals surface area contributed by atoms with Crippen LogP contribution in [0.2, 0.25) is 0 Å². The van der Waals surface area contributed by atoms with Gasteiger partial charge in [0.05, 0.1) is 26.4 Å². The highest BCUT2D eigenvalue weighted by Crippen LogP contribution is 2.45. The van der Waals surface area contributed by atoms with E-state index in [1.165, 1.54) is 161 Å². The number of aliphatic hydroxyl groups is 1. The van der Waals surface area contributed by atoms with Crippen molar-refractivity contribution in [1.29, 1.82) is 0 Å². The van der Waals surface area contributed by atoms with Gasteiger partial charge in [-0.05, 0) is 37.5 Å². The van der Waals surface area contributed by atoms with Gasteiger partial charge in [-0.15, -0.1) is 0 Å². The van der Waals surface area contributed by atoms with Crippen molar-refractivity contribution in [3.05, 3.63) is 0 Å². The van der Waals surface area contributed by atoms with E-state index in [4.69, 9.17) is 37.0 Å². The summed E-state index contributed by atoms with van der Waals surface area (Å²) in [4.78, 5) is 72.3. The molecule has 2 unspecified atom stereocenters. The Labute approximate surface area is 537 Å². The van der Waals surface area contributed by atoms with Crippen LogP contribution in [0.25, 0.3) is 0 Å². The Bertz CT molecular complexity index is 1720. The molecule has 0 fully saturated rings. The van der Waals surface area contributed by atoms with Crippen molar-refractivity contribution in [2.45, 2.75) is 368 Å². The van der Waals surface area contributed by atoms with Crippen LogP contribution in [0.1, 0.15) is 350 Å². The predicted molar refractivity (Wildman–Crippen MR) is 354 cm³/mol. The summed E-state index contributed by atoms with van der Waals surface area (Å²) in [5.41, 5.74) is 0. The van der Waals surface area contributed by atoms with Crippen molar-refractivity contribution < 1.29 is 80.2 Å². The minimum Gasteiger partial charge on any atom is -0.462 e. The predicted octanol–water partition coefficient (Wildman–Crippen LogP) is 19.6. The molecule has 0 heterocycles. The summed E-state index contributed by atoms with van der Waals surface area (Å²) in [5, 5.41) is 10.6. The Morgan fingerprint density at radius 1 is 0.307 bits per heavy atom. The standard InChI is InChI=1S/C69H134O17P2/c1-7-9-11-13-15-17-18-19-20-21-22-23-24-25-26-27-35-41-47-53-68(73)85-64(58-80-67(72)52-46-40-34-29-28-31-37-43-49-61(3)4)59-83-87(75,76)81-55-63(70)56-82-88(77,78)84-60-65(57-79-66(71)51-45-39-33-16-14-12-10-8-2)86-69(74)54-48-42-36-30-32-38-44-50-62(5)6/h61-65,70H,7-60H2,1-6H3,(H,75,76)(H,77,78)/t63-,64-,65-/m1/s1. The number of phosphoric ester groups is 2. The minimum absolute atomic E-state index is 0.103. The van der Waals surface area contributed by atoms with Crippen LogP contribution >= 0.6 is 15.6 Å². The van der Waals surface area contributed by atoms with Crippen LogP contribution in [0.3, 0.4) is 0 Å². The average Bonchev–Trinajstić information content (AvgIpc) is 3.60. The summed E-state index contributed by atoms with van der Waals surface area (Å²) in [6.45, 7) is 9.41. The molecule has 0 aliphatic heterocycles. The molecule has 0 rings (SSSR count). The SMILES string of the molecule is CCCCCCCCCCCCCCCCCCCCCC(=O)O[C@H](COC(=O)CCCCCCCCCCC(C)C)COP(=O)(O)OC[C@@H](O)COP(=O)(O)OC[C@@H](COC(=O)CCCCCCCCCC)OC(=O)CCCCCCCCCC(C)C. The molecule has 0 spiro atoms. The molecular weight excluding hydrogens is 1160 g/mol. The van der Waals surface area contributed by atoms with E-state index in [-0.39, 0.29) is 25.7 Å². The van der Waals surface area contributed by atoms with Gasteiger partial charge in [0.15, 0.2) is 12.2 Å². The van der Waals surface area contributed by atoms with Gasteiger partial charge in [-0.2, -0.15) is 0 Å². The summed E-state index contributed by atoms with van der Waals surface area (Å²) >= 11 is 0. The van der Waals surface area contributed by atoms with Gasteiger partial charge in [0, 0.05) is 25.7 Å². The molecule has 0 aromatic heterocycles. The second-order valence-electron chi connectivity index (χ2n) is 25.9. The number of hydrogen-bond donors (Lipinski definition) is 3. The first-order valence-electron chi connectivity index (χ1n) is 36.0. The van der Waals surface area contributed by atoms with Gasteiger partial charge >= 0.3 is 39.5 Å². The lowest BCUT2D eigenvalue weighted by atomic mass is 10.0. The number of carbonyl (C=O) groups excluding carboxylic acids is 4. The normalized spacial score (nSPS) is 14.2. The lowest BCUT2D eigenvalue weighted by Gasteiger charge is -2.21. The fourth-order valence-corrected chi connectivity index (χ4v) is 12.0. The van der Waals surface area contributed by atoms with Gasteiger partial charge < -0.3 is 33.8 Å². The summed E-state index contributed by atoms with van der Waals surface area (Å²) in [6.07, 6.45) is 46.1. The maximum atomic E-state index is 13.0. The molecule has 0 saturated heterocycles. The smallest absolute Gasteiger partial charge is 0.462 e. The monoisotopic (exact) mass is 1300 g/mol. The summed E-state index contributed by atoms with van der Waals surface area (Å²) in [6, 6.07) is 0. The van der Waals surface area contributed by atoms with Crippen molar-refractivity contribution in [1.82, 2.24) is 0 Å². The van der Waals surface area contributed by atoms with Crippen LogP contribution in [-0.2, 0) is 65.4 Å². The van der Waals surface area contributed by atoms with E-state index < -0.39 is 97.5 Å². The highest BCUT2D eigenvalue weighted by Gasteiger charge is 2.30. The van der Waals surface area contributed by atoms with Crippen molar-refractivity contribution in [3.8, 4) is 0 Å². The zero-order valence-corrected chi connectivity index (χ0v) is 58.8. The Morgan fingerprint density at radius 3 is 0.773 bits per heavy atom. The third-order valence-corrected chi connectivity index (χ3v) is 17.9. The number of hydrogen-bond acceptors (Lipinski definition) is 15. The molecule has 0 aromatic carbocycles. The molecular formula is C69H134O17P2. The summed E-state index contributed by atoms with van der Waals surface area (Å²) < 4.78 is 68.1. The molecule has 0 aliphatic carbocycles. The first-order chi connectivity index (χ1) is 42.4. The number of esters is 4. The van der Waals surface area contributed by atoms with Crippen LogP contribution in [0.5, 0.6) is 0 Å². The molecule has 19 heteroatoms. The zero-order chi connectivity index (χ0) is 65.0. The molecule has 0 aliphatic rings. The van der Waals surface area contributed by atoms with Crippen molar-refractivity contribution in [2.24, 2.45) is 11.8 Å². The molecule has 5 atom stereocenters. The Morgan fingerprint density at radius 2 is 0.523 bits per heavy atom. The van der Waals surface area contributed by atoms with Gasteiger partial charge in [-0.3, -0.25) is 37.3 Å². The zero-order valence-electron chi connectivity index (χ0n) is 57.0. The van der Waals surface area contributed by atoms with E-state index in [1.54, 1.807) is 0 Å². The molecule has 522 valence electrons. The molecule has 0 radical (unpaired) electrons. The highest BCUT2D eigenvalue weighted by atomic mass is 31.2. The van der Waals surface area contributed by atoms with Gasteiger partial charge in [0.2, 0.25) is 0 Å². The second kappa shape index (κ2) is 61.3. The third-order valence-electron chi connectivity index (χ3n) is 16.0. The van der Waals surface area contributed by atoms with Crippen molar-refractivity contribution in [3.63, 3.8) is 0 Å². The third kappa shape index (κ3) is 62.8. The van der Waals surface area contributed by atoms with Gasteiger partial charge in [-0.25, -0.2) is 9.13 Å². The largest absolute Gasteiger partial charge is 0.472 e. The van der Waals surface area contributed by atoms with Gasteiger partial charge in [0.1, 0.15) is 19.3 Å². The second-order valence-corrected chi connectivity index (χ2v) is 28.8. The number of ether oxygens (including phenoxy) is 4. The number of carbonyl (C=O) groups is 4.